The molecule has 0 radical (unpaired) electrons. The van der Waals surface area contributed by atoms with Crippen LogP contribution in [0.1, 0.15) is 32.6 Å². The third-order valence-corrected chi connectivity index (χ3v) is 11.6. The summed E-state index contributed by atoms with van der Waals surface area (Å²) in [7, 11) is -7.47. The van der Waals surface area contributed by atoms with Gasteiger partial charge in [0.15, 0.2) is 0 Å². The highest BCUT2D eigenvalue weighted by Crippen LogP contribution is 2.29. The lowest BCUT2D eigenvalue weighted by molar-refractivity contribution is -0.130. The first-order valence-electron chi connectivity index (χ1n) is 18.9. The van der Waals surface area contributed by atoms with Crippen LogP contribution in [0.25, 0.3) is 21.8 Å². The molecule has 19 heteroatoms. The van der Waals surface area contributed by atoms with Gasteiger partial charge in [0.2, 0.25) is 37.9 Å². The third kappa shape index (κ3) is 10.7. The van der Waals surface area contributed by atoms with Crippen LogP contribution in [0.2, 0.25) is 0 Å². The van der Waals surface area contributed by atoms with E-state index in [1.54, 1.807) is 43.6 Å². The van der Waals surface area contributed by atoms with Crippen molar-refractivity contribution in [3.63, 3.8) is 0 Å². The van der Waals surface area contributed by atoms with E-state index in [9.17, 15) is 21.6 Å². The highest BCUT2D eigenvalue weighted by molar-refractivity contribution is 7.89. The van der Waals surface area contributed by atoms with Gasteiger partial charge >= 0.3 is 0 Å². The SMILES string of the molecule is CC(=O)N1CCC(Oc2cccc3cnc(Nc4ccc(S(N)(=O)=O)cc4)nc23)CC1.NS(=O)(=O)c1ccc(Nc2ncc3cccc(OC4CCNCC4)c3n2)cc1. The van der Waals surface area contributed by atoms with Gasteiger partial charge in [-0.3, -0.25) is 4.79 Å². The van der Waals surface area contributed by atoms with Crippen molar-refractivity contribution in [2.45, 2.75) is 54.6 Å². The molecule has 2 saturated heterocycles. The standard InChI is InChI=1S/C21H23N5O4S.C19H21N5O3S/c1-14(27)26-11-9-17(10-12-26)30-19-4-2-3-15-13-23-21(25-20(15)19)24-16-5-7-18(8-6-16)31(22,28)29;20-28(25,26)16-6-4-14(5-7-16)23-19-22-12-13-2-1-3-17(18(13)24-19)27-15-8-10-21-11-9-15/h2-8,13,17H,9-12H2,1H3,(H2,22,28,29)(H,23,24,25);1-7,12,15,21H,8-11H2,(H2,20,25,26)(H,22,23,24). The van der Waals surface area contributed by atoms with Crippen molar-refractivity contribution in [3.05, 3.63) is 97.3 Å². The Morgan fingerprint density at radius 1 is 0.661 bits per heavy atom. The number of nitrogens with zero attached hydrogens (tertiary/aromatic N) is 5. The molecule has 8 rings (SSSR count). The number of primary sulfonamides is 2. The minimum Gasteiger partial charge on any atom is -0.488 e. The zero-order valence-corrected chi connectivity index (χ0v) is 33.7. The zero-order valence-electron chi connectivity index (χ0n) is 32.1. The number of piperidine rings is 2. The Morgan fingerprint density at radius 2 is 1.08 bits per heavy atom. The highest BCUT2D eigenvalue weighted by atomic mass is 32.2. The molecule has 0 atom stereocenters. The molecule has 2 aliphatic rings. The van der Waals surface area contributed by atoms with Crippen LogP contribution in [0.5, 0.6) is 11.5 Å². The second-order valence-corrected chi connectivity index (χ2v) is 17.2. The van der Waals surface area contributed by atoms with Crippen molar-refractivity contribution >= 4 is 71.0 Å². The number of ether oxygens (including phenoxy) is 2. The van der Waals surface area contributed by atoms with Gasteiger partial charge in [-0.1, -0.05) is 24.3 Å². The predicted molar refractivity (Wildman–Crippen MR) is 224 cm³/mol. The van der Waals surface area contributed by atoms with E-state index in [0.717, 1.165) is 60.8 Å². The Balaban J connectivity index is 0.000000180. The molecule has 0 spiro atoms. The molecule has 7 N–H and O–H groups in total. The maximum Gasteiger partial charge on any atom is 0.238 e. The molecule has 0 unspecified atom stereocenters. The van der Waals surface area contributed by atoms with Crippen molar-refractivity contribution in [3.8, 4) is 11.5 Å². The molecule has 0 bridgehead atoms. The Labute approximate surface area is 341 Å². The van der Waals surface area contributed by atoms with Crippen molar-refractivity contribution in [2.75, 3.05) is 36.8 Å². The number of para-hydroxylation sites is 2. The van der Waals surface area contributed by atoms with Crippen LogP contribution < -0.4 is 35.7 Å². The summed E-state index contributed by atoms with van der Waals surface area (Å²) in [5.41, 5.74) is 2.69. The summed E-state index contributed by atoms with van der Waals surface area (Å²) >= 11 is 0. The molecule has 6 aromatic rings. The number of aromatic nitrogens is 4. The summed E-state index contributed by atoms with van der Waals surface area (Å²) in [4.78, 5) is 31.3. The van der Waals surface area contributed by atoms with Crippen molar-refractivity contribution < 1.29 is 31.1 Å². The van der Waals surface area contributed by atoms with Crippen molar-refractivity contribution in [1.82, 2.24) is 30.2 Å². The van der Waals surface area contributed by atoms with E-state index < -0.39 is 20.0 Å². The molecule has 4 heterocycles. The van der Waals surface area contributed by atoms with Crippen LogP contribution in [-0.4, -0.2) is 86.0 Å². The van der Waals surface area contributed by atoms with E-state index in [1.165, 1.54) is 24.3 Å². The number of carbonyl (C=O) groups excluding carboxylic acids is 1. The number of amides is 1. The Kier molecular flexibility index (Phi) is 12.5. The third-order valence-electron chi connectivity index (χ3n) is 9.79. The van der Waals surface area contributed by atoms with Gasteiger partial charge in [-0.2, -0.15) is 0 Å². The Morgan fingerprint density at radius 3 is 1.49 bits per heavy atom. The van der Waals surface area contributed by atoms with Crippen LogP contribution in [-0.2, 0) is 24.8 Å². The number of likely N-dealkylation sites (tertiary alicyclic amines) is 1. The molecule has 17 nitrogen and oxygen atoms in total. The fraction of sp³-hybridized carbons (Fsp3) is 0.275. The van der Waals surface area contributed by atoms with Crippen molar-refractivity contribution in [1.29, 1.82) is 0 Å². The summed E-state index contributed by atoms with van der Waals surface area (Å²) in [6, 6.07) is 23.6. The minimum absolute atomic E-state index is 0.0123. The number of fused-ring (bicyclic) bond motifs is 2. The second-order valence-electron chi connectivity index (χ2n) is 14.1. The van der Waals surface area contributed by atoms with Crippen LogP contribution in [0, 0.1) is 0 Å². The minimum atomic E-state index is -3.75. The highest BCUT2D eigenvalue weighted by Gasteiger charge is 2.23. The summed E-state index contributed by atoms with van der Waals surface area (Å²) in [6.07, 6.45) is 7.08. The number of nitrogens with two attached hydrogens (primary N) is 2. The normalized spacial score (nSPS) is 15.3. The molecule has 2 aliphatic heterocycles. The van der Waals surface area contributed by atoms with Gasteiger partial charge in [-0.05, 0) is 86.6 Å². The monoisotopic (exact) mass is 840 g/mol. The van der Waals surface area contributed by atoms with Crippen LogP contribution in [0.3, 0.4) is 0 Å². The van der Waals surface area contributed by atoms with Gasteiger partial charge in [-0.15, -0.1) is 0 Å². The lowest BCUT2D eigenvalue weighted by Gasteiger charge is -2.31. The van der Waals surface area contributed by atoms with E-state index in [4.69, 9.17) is 19.8 Å². The number of sulfonamides is 2. The largest absolute Gasteiger partial charge is 0.488 e. The van der Waals surface area contributed by atoms with Gasteiger partial charge in [0.1, 0.15) is 34.7 Å². The zero-order chi connectivity index (χ0) is 41.6. The molecule has 2 aromatic heterocycles. The van der Waals surface area contributed by atoms with Gasteiger partial charge in [-0.25, -0.2) is 47.0 Å². The Bertz CT molecular complexity index is 2660. The molecule has 0 saturated carbocycles. The van der Waals surface area contributed by atoms with E-state index >= 15 is 0 Å². The quantitative estimate of drug-likeness (QED) is 0.127. The number of nitrogens with one attached hydrogen (secondary N) is 3. The predicted octanol–water partition coefficient (Wildman–Crippen LogP) is 4.56. The Hall–Kier alpha value is -5.99. The molecule has 0 aliphatic carbocycles. The van der Waals surface area contributed by atoms with E-state index in [0.29, 0.717) is 47.6 Å². The first kappa shape index (κ1) is 41.2. The number of carbonyl (C=O) groups is 1. The lowest BCUT2D eigenvalue weighted by Crippen LogP contribution is -2.40. The summed E-state index contributed by atoms with van der Waals surface area (Å²) < 4.78 is 57.9. The number of anilines is 4. The average molecular weight is 841 g/mol. The van der Waals surface area contributed by atoms with Gasteiger partial charge in [0.05, 0.1) is 9.79 Å². The number of rotatable bonds is 10. The number of hydrogen-bond acceptors (Lipinski definition) is 14. The number of benzene rings is 4. The summed E-state index contributed by atoms with van der Waals surface area (Å²) in [5, 5.41) is 21.5. The average Bonchev–Trinajstić information content (AvgIpc) is 3.22. The summed E-state index contributed by atoms with van der Waals surface area (Å²) in [6.45, 7) is 4.85. The van der Waals surface area contributed by atoms with E-state index in [-0.39, 0.29) is 27.9 Å². The van der Waals surface area contributed by atoms with Gasteiger partial charge < -0.3 is 30.3 Å². The fourth-order valence-corrected chi connectivity index (χ4v) is 7.67. The van der Waals surface area contributed by atoms with E-state index in [2.05, 4.69) is 35.9 Å². The van der Waals surface area contributed by atoms with Crippen LogP contribution in [0.4, 0.5) is 23.3 Å². The molecule has 308 valence electrons. The smallest absolute Gasteiger partial charge is 0.238 e. The van der Waals surface area contributed by atoms with Crippen LogP contribution in [0.15, 0.2) is 107 Å². The van der Waals surface area contributed by atoms with Crippen LogP contribution >= 0.6 is 0 Å². The molecule has 2 fully saturated rings. The molecular weight excluding hydrogens is 797 g/mol. The number of hydrogen-bond donors (Lipinski definition) is 5. The molecule has 59 heavy (non-hydrogen) atoms. The first-order chi connectivity index (χ1) is 28.3. The summed E-state index contributed by atoms with van der Waals surface area (Å²) in [5.74, 6) is 2.24. The fourth-order valence-electron chi connectivity index (χ4n) is 6.64. The lowest BCUT2D eigenvalue weighted by atomic mass is 10.1. The maximum absolute atomic E-state index is 11.5. The topological polar surface area (TPSA) is 247 Å². The first-order valence-corrected chi connectivity index (χ1v) is 22.0. The molecule has 1 amide bonds. The maximum atomic E-state index is 11.5. The van der Waals surface area contributed by atoms with Gasteiger partial charge in [0, 0.05) is 67.4 Å². The van der Waals surface area contributed by atoms with E-state index in [1.807, 2.05) is 41.3 Å². The van der Waals surface area contributed by atoms with Gasteiger partial charge in [0.25, 0.3) is 0 Å². The molecular formula is C40H44N10O7S2. The van der Waals surface area contributed by atoms with Crippen molar-refractivity contribution in [2.24, 2.45) is 10.3 Å². The second kappa shape index (κ2) is 17.9. The molecule has 4 aromatic carbocycles.